The summed E-state index contributed by atoms with van der Waals surface area (Å²) in [6.07, 6.45) is 2.11. The van der Waals surface area contributed by atoms with Gasteiger partial charge in [-0.3, -0.25) is 10.2 Å². The first-order valence-corrected chi connectivity index (χ1v) is 7.37. The molecule has 3 atom stereocenters. The average Bonchev–Trinajstić information content (AvgIpc) is 2.77. The minimum Gasteiger partial charge on any atom is -0.305 e. The molecule has 1 aliphatic rings. The van der Waals surface area contributed by atoms with Gasteiger partial charge in [0.1, 0.15) is 5.54 Å². The maximum absolute atomic E-state index is 9.43. The standard InChI is InChI=1S/C15H30N4/c1-12(2)17-15(4,11-16)9-13(3)19-8-7-14(10-19)18(5)6/h12-14,17H,7-10H2,1-6H3. The third-order valence-corrected chi connectivity index (χ3v) is 4.11. The van der Waals surface area contributed by atoms with Crippen LogP contribution in [0.5, 0.6) is 0 Å². The van der Waals surface area contributed by atoms with Crippen LogP contribution in [0.2, 0.25) is 0 Å². The van der Waals surface area contributed by atoms with E-state index in [9.17, 15) is 5.26 Å². The van der Waals surface area contributed by atoms with E-state index in [-0.39, 0.29) is 0 Å². The van der Waals surface area contributed by atoms with Gasteiger partial charge < -0.3 is 4.90 Å². The molecule has 3 unspecified atom stereocenters. The number of likely N-dealkylation sites (N-methyl/N-ethyl adjacent to an activating group) is 1. The van der Waals surface area contributed by atoms with Gasteiger partial charge in [0.15, 0.2) is 0 Å². The van der Waals surface area contributed by atoms with E-state index in [4.69, 9.17) is 0 Å². The predicted molar refractivity (Wildman–Crippen MR) is 80.0 cm³/mol. The molecule has 1 rings (SSSR count). The highest BCUT2D eigenvalue weighted by Crippen LogP contribution is 2.22. The first-order chi connectivity index (χ1) is 8.77. The topological polar surface area (TPSA) is 42.3 Å². The van der Waals surface area contributed by atoms with Crippen LogP contribution in [-0.4, -0.2) is 60.6 Å². The number of nitrogens with one attached hydrogen (secondary N) is 1. The van der Waals surface area contributed by atoms with Gasteiger partial charge in [-0.25, -0.2) is 0 Å². The lowest BCUT2D eigenvalue weighted by atomic mass is 9.93. The van der Waals surface area contributed by atoms with Crippen LogP contribution >= 0.6 is 0 Å². The van der Waals surface area contributed by atoms with Gasteiger partial charge in [-0.1, -0.05) is 0 Å². The van der Waals surface area contributed by atoms with Crippen molar-refractivity contribution in [2.75, 3.05) is 27.2 Å². The summed E-state index contributed by atoms with van der Waals surface area (Å²) in [4.78, 5) is 4.82. The molecule has 1 aliphatic heterocycles. The van der Waals surface area contributed by atoms with Gasteiger partial charge in [0.25, 0.3) is 0 Å². The van der Waals surface area contributed by atoms with Gasteiger partial charge in [0.05, 0.1) is 6.07 Å². The molecule has 19 heavy (non-hydrogen) atoms. The Morgan fingerprint density at radius 1 is 1.42 bits per heavy atom. The minimum atomic E-state index is -0.427. The molecule has 0 aliphatic carbocycles. The second-order valence-electron chi connectivity index (χ2n) is 6.70. The van der Waals surface area contributed by atoms with Crippen molar-refractivity contribution in [3.63, 3.8) is 0 Å². The Hall–Kier alpha value is -0.630. The average molecular weight is 266 g/mol. The summed E-state index contributed by atoms with van der Waals surface area (Å²) in [5, 5.41) is 12.8. The van der Waals surface area contributed by atoms with Crippen LogP contribution in [0.15, 0.2) is 0 Å². The van der Waals surface area contributed by atoms with Crippen molar-refractivity contribution in [1.82, 2.24) is 15.1 Å². The maximum atomic E-state index is 9.43. The Bertz CT molecular complexity index is 321. The largest absolute Gasteiger partial charge is 0.305 e. The van der Waals surface area contributed by atoms with Crippen LogP contribution in [0.4, 0.5) is 0 Å². The predicted octanol–water partition coefficient (Wildman–Crippen LogP) is 1.68. The molecule has 0 amide bonds. The van der Waals surface area contributed by atoms with Gasteiger partial charge in [0.2, 0.25) is 0 Å². The molecule has 0 spiro atoms. The van der Waals surface area contributed by atoms with Crippen LogP contribution in [0.1, 0.15) is 40.5 Å². The second kappa shape index (κ2) is 6.69. The SMILES string of the molecule is CC(C)NC(C)(C#N)CC(C)N1CCC(N(C)C)C1. The Labute approximate surface area is 118 Å². The van der Waals surface area contributed by atoms with E-state index in [1.807, 2.05) is 6.92 Å². The number of hydrogen-bond acceptors (Lipinski definition) is 4. The van der Waals surface area contributed by atoms with Crippen LogP contribution in [0, 0.1) is 11.3 Å². The van der Waals surface area contributed by atoms with E-state index in [1.54, 1.807) is 0 Å². The lowest BCUT2D eigenvalue weighted by molar-refractivity contribution is 0.191. The quantitative estimate of drug-likeness (QED) is 0.794. The molecule has 4 nitrogen and oxygen atoms in total. The summed E-state index contributed by atoms with van der Waals surface area (Å²) in [5.74, 6) is 0. The summed E-state index contributed by atoms with van der Waals surface area (Å²) in [6, 6.07) is 3.89. The van der Waals surface area contributed by atoms with Crippen molar-refractivity contribution in [3.05, 3.63) is 0 Å². The molecule has 1 N–H and O–H groups in total. The second-order valence-corrected chi connectivity index (χ2v) is 6.70. The smallest absolute Gasteiger partial charge is 0.105 e. The molecular formula is C15H30N4. The van der Waals surface area contributed by atoms with Gasteiger partial charge in [-0.2, -0.15) is 5.26 Å². The Morgan fingerprint density at radius 3 is 2.47 bits per heavy atom. The highest BCUT2D eigenvalue weighted by Gasteiger charge is 2.33. The molecule has 0 aromatic carbocycles. The summed E-state index contributed by atoms with van der Waals surface area (Å²) in [6.45, 7) is 10.7. The number of likely N-dealkylation sites (tertiary alicyclic amines) is 1. The molecule has 0 aromatic rings. The fourth-order valence-electron chi connectivity index (χ4n) is 3.08. The van der Waals surface area contributed by atoms with Crippen LogP contribution in [0.25, 0.3) is 0 Å². The highest BCUT2D eigenvalue weighted by molar-refractivity contribution is 5.06. The normalized spacial score (nSPS) is 25.5. The Kier molecular flexibility index (Phi) is 5.79. The fraction of sp³-hybridized carbons (Fsp3) is 0.933. The molecule has 1 saturated heterocycles. The highest BCUT2D eigenvalue weighted by atomic mass is 15.2. The van der Waals surface area contributed by atoms with Gasteiger partial charge >= 0.3 is 0 Å². The zero-order valence-corrected chi connectivity index (χ0v) is 13.4. The van der Waals surface area contributed by atoms with E-state index < -0.39 is 5.54 Å². The monoisotopic (exact) mass is 266 g/mol. The fourth-order valence-corrected chi connectivity index (χ4v) is 3.08. The van der Waals surface area contributed by atoms with Crippen molar-refractivity contribution in [3.8, 4) is 6.07 Å². The van der Waals surface area contributed by atoms with E-state index in [0.29, 0.717) is 18.1 Å². The van der Waals surface area contributed by atoms with Gasteiger partial charge in [-0.15, -0.1) is 0 Å². The third-order valence-electron chi connectivity index (χ3n) is 4.11. The summed E-state index contributed by atoms with van der Waals surface area (Å²) in [5.41, 5.74) is -0.427. The zero-order chi connectivity index (χ0) is 14.6. The van der Waals surface area contributed by atoms with E-state index in [1.165, 1.54) is 6.42 Å². The van der Waals surface area contributed by atoms with Crippen molar-refractivity contribution in [2.24, 2.45) is 0 Å². The molecule has 1 heterocycles. The molecule has 4 heteroatoms. The first kappa shape index (κ1) is 16.4. The molecular weight excluding hydrogens is 236 g/mol. The Balaban J connectivity index is 2.55. The summed E-state index contributed by atoms with van der Waals surface area (Å²) in [7, 11) is 4.30. The van der Waals surface area contributed by atoms with E-state index in [0.717, 1.165) is 19.5 Å². The molecule has 110 valence electrons. The number of hydrogen-bond donors (Lipinski definition) is 1. The van der Waals surface area contributed by atoms with Crippen molar-refractivity contribution in [2.45, 2.75) is 64.2 Å². The van der Waals surface area contributed by atoms with E-state index in [2.05, 4.69) is 56.1 Å². The van der Waals surface area contributed by atoms with Crippen LogP contribution in [-0.2, 0) is 0 Å². The van der Waals surface area contributed by atoms with Crippen LogP contribution < -0.4 is 5.32 Å². The third kappa shape index (κ3) is 4.76. The number of rotatable bonds is 6. The zero-order valence-electron chi connectivity index (χ0n) is 13.4. The molecule has 0 bridgehead atoms. The molecule has 1 fully saturated rings. The van der Waals surface area contributed by atoms with Crippen molar-refractivity contribution >= 4 is 0 Å². The lowest BCUT2D eigenvalue weighted by Gasteiger charge is -2.33. The maximum Gasteiger partial charge on any atom is 0.105 e. The summed E-state index contributed by atoms with van der Waals surface area (Å²) >= 11 is 0. The number of nitrogens with zero attached hydrogens (tertiary/aromatic N) is 3. The van der Waals surface area contributed by atoms with Crippen molar-refractivity contribution < 1.29 is 0 Å². The van der Waals surface area contributed by atoms with Crippen molar-refractivity contribution in [1.29, 1.82) is 5.26 Å². The van der Waals surface area contributed by atoms with Gasteiger partial charge in [-0.05, 0) is 54.6 Å². The molecule has 0 radical (unpaired) electrons. The van der Waals surface area contributed by atoms with Gasteiger partial charge in [0, 0.05) is 31.2 Å². The lowest BCUT2D eigenvalue weighted by Crippen LogP contribution is -2.49. The number of nitriles is 1. The Morgan fingerprint density at radius 2 is 2.05 bits per heavy atom. The minimum absolute atomic E-state index is 0.338. The molecule has 0 aromatic heterocycles. The van der Waals surface area contributed by atoms with E-state index >= 15 is 0 Å². The van der Waals surface area contributed by atoms with Crippen LogP contribution in [0.3, 0.4) is 0 Å². The summed E-state index contributed by atoms with van der Waals surface area (Å²) < 4.78 is 0. The first-order valence-electron chi connectivity index (χ1n) is 7.37. The molecule has 0 saturated carbocycles.